The van der Waals surface area contributed by atoms with Gasteiger partial charge in [-0.15, -0.1) is 0 Å². The van der Waals surface area contributed by atoms with Crippen molar-refractivity contribution in [1.29, 1.82) is 0 Å². The number of fused-ring (bicyclic) bond motifs is 2. The largest absolute Gasteiger partial charge is 0.487 e. The van der Waals surface area contributed by atoms with Gasteiger partial charge < -0.3 is 32.9 Å². The normalized spacial score (nSPS) is 30.2. The highest BCUT2D eigenvalue weighted by atomic mass is 32.5. The minimum atomic E-state index is -3.17. The topological polar surface area (TPSA) is 77.1 Å². The van der Waals surface area contributed by atoms with Gasteiger partial charge in [-0.25, -0.2) is 4.67 Å². The fourth-order valence-electron chi connectivity index (χ4n) is 9.18. The van der Waals surface area contributed by atoms with Crippen molar-refractivity contribution < 1.29 is 37.5 Å². The van der Waals surface area contributed by atoms with Crippen LogP contribution >= 0.6 is 6.64 Å². The molecule has 322 valence electrons. The molecule has 1 unspecified atom stereocenters. The zero-order valence-electron chi connectivity index (χ0n) is 37.6. The minimum Gasteiger partial charge on any atom is -0.487 e. The predicted molar refractivity (Wildman–Crippen MR) is 229 cm³/mol. The van der Waals surface area contributed by atoms with Crippen molar-refractivity contribution in [3.8, 4) is 11.5 Å². The summed E-state index contributed by atoms with van der Waals surface area (Å²) in [4.78, 5) is 0. The van der Waals surface area contributed by atoms with Crippen LogP contribution in [0.2, 0.25) is 0 Å². The predicted octanol–water partition coefficient (Wildman–Crippen LogP) is 11.5. The highest BCUT2D eigenvalue weighted by Crippen LogP contribution is 2.59. The maximum Gasteiger partial charge on any atom is 0.315 e. The molecule has 0 radical (unpaired) electrons. The lowest BCUT2D eigenvalue weighted by Crippen LogP contribution is -2.45. The van der Waals surface area contributed by atoms with Crippen LogP contribution in [0.15, 0.2) is 0 Å². The van der Waals surface area contributed by atoms with Crippen molar-refractivity contribution in [1.82, 2.24) is 4.67 Å². The number of hydrogen-bond donors (Lipinski definition) is 0. The molecule has 4 heterocycles. The van der Waals surface area contributed by atoms with Crippen molar-refractivity contribution in [2.75, 3.05) is 19.7 Å². The van der Waals surface area contributed by atoms with Crippen molar-refractivity contribution in [2.24, 2.45) is 17.8 Å². The first-order chi connectivity index (χ1) is 26.2. The van der Waals surface area contributed by atoms with Gasteiger partial charge in [0, 0.05) is 18.7 Å². The molecule has 0 spiro atoms. The average molecular weight is 824 g/mol. The standard InChI is InChI=1S/C45H78NO8PS/c1-15-46(16-2)55(56,54-40-39(36-28-47-43(10,11)49-36)48-42-41(40)50-44(12,13)52-42)53-37-32(7)33(8)38-35(34(37)9)25-27-45(14,51-38)26-19-24-31(6)23-18-22-30(5)21-17-20-29(3)4/h29-31,36,39-42H,15-28H2,1-14H3/t30-,31-,36+,39-,40-,41-,42-,45-,55?/m1/s1. The Bertz CT molecular complexity index is 1520. The molecule has 3 saturated heterocycles. The lowest BCUT2D eigenvalue weighted by Gasteiger charge is -2.40. The molecular weight excluding hydrogens is 746 g/mol. The van der Waals surface area contributed by atoms with Crippen LogP contribution in [-0.2, 0) is 46.4 Å². The lowest BCUT2D eigenvalue weighted by atomic mass is 9.84. The molecule has 11 heteroatoms. The molecule has 9 nitrogen and oxygen atoms in total. The van der Waals surface area contributed by atoms with Gasteiger partial charge in [0.2, 0.25) is 0 Å². The molecule has 4 aliphatic rings. The quantitative estimate of drug-likeness (QED) is 0.119. The molecule has 1 aromatic rings. The highest BCUT2D eigenvalue weighted by molar-refractivity contribution is 8.08. The summed E-state index contributed by atoms with van der Waals surface area (Å²) in [5.41, 5.74) is 4.26. The Morgan fingerprint density at radius 1 is 0.786 bits per heavy atom. The van der Waals surface area contributed by atoms with Crippen LogP contribution in [0.25, 0.3) is 0 Å². The first-order valence-corrected chi connectivity index (χ1v) is 24.7. The third kappa shape index (κ3) is 11.1. The molecule has 56 heavy (non-hydrogen) atoms. The zero-order chi connectivity index (χ0) is 41.2. The maximum absolute atomic E-state index is 7.14. The number of benzene rings is 1. The molecule has 0 saturated carbocycles. The van der Waals surface area contributed by atoms with Gasteiger partial charge in [0.1, 0.15) is 41.5 Å². The van der Waals surface area contributed by atoms with E-state index in [9.17, 15) is 0 Å². The molecule has 0 bridgehead atoms. The van der Waals surface area contributed by atoms with E-state index in [-0.39, 0.29) is 11.7 Å². The SMILES string of the molecule is CCN(CC)P(=S)(Oc1c(C)c(C)c2c(c1C)CC[C@@](C)(CCC[C@H](C)CCC[C@H](C)CCCC(C)C)O2)O[C@H]1[C@H]2OC(C)(C)O[C@H]2O[C@@H]1[C@@H]1COC(C)(C)O1. The van der Waals surface area contributed by atoms with Gasteiger partial charge >= 0.3 is 6.64 Å². The van der Waals surface area contributed by atoms with E-state index in [4.69, 9.17) is 49.3 Å². The summed E-state index contributed by atoms with van der Waals surface area (Å²) in [6.45, 7) is 28.6. The Hall–Kier alpha value is -0.810. The van der Waals surface area contributed by atoms with E-state index >= 15 is 0 Å². The fraction of sp³-hybridized carbons (Fsp3) is 0.867. The molecule has 4 aliphatic heterocycles. The van der Waals surface area contributed by atoms with Crippen LogP contribution in [0.4, 0.5) is 0 Å². The summed E-state index contributed by atoms with van der Waals surface area (Å²) in [6.07, 6.45) is 11.0. The second-order valence-electron chi connectivity index (χ2n) is 19.1. The number of nitrogens with zero attached hydrogens (tertiary/aromatic N) is 1. The third-order valence-corrected chi connectivity index (χ3v) is 16.2. The Balaban J connectivity index is 1.28. The summed E-state index contributed by atoms with van der Waals surface area (Å²) in [5.74, 6) is 2.67. The van der Waals surface area contributed by atoms with Gasteiger partial charge in [-0.3, -0.25) is 4.52 Å². The van der Waals surface area contributed by atoms with Gasteiger partial charge in [0.25, 0.3) is 0 Å². The first kappa shape index (κ1) is 46.3. The molecule has 0 N–H and O–H groups in total. The molecule has 0 aliphatic carbocycles. The van der Waals surface area contributed by atoms with Crippen LogP contribution in [0.1, 0.15) is 163 Å². The smallest absolute Gasteiger partial charge is 0.315 e. The van der Waals surface area contributed by atoms with Crippen LogP contribution < -0.4 is 9.26 Å². The molecule has 0 aromatic heterocycles. The van der Waals surface area contributed by atoms with E-state index in [1.54, 1.807) is 0 Å². The molecule has 9 atom stereocenters. The Labute approximate surface area is 346 Å². The van der Waals surface area contributed by atoms with Crippen LogP contribution in [0.5, 0.6) is 11.5 Å². The lowest BCUT2D eigenvalue weighted by molar-refractivity contribution is -0.230. The number of rotatable bonds is 20. The van der Waals surface area contributed by atoms with E-state index in [0.29, 0.717) is 19.7 Å². The Morgan fingerprint density at radius 3 is 2.00 bits per heavy atom. The third-order valence-electron chi connectivity index (χ3n) is 12.8. The summed E-state index contributed by atoms with van der Waals surface area (Å²) in [7, 11) is 0. The van der Waals surface area contributed by atoms with Gasteiger partial charge in [0.05, 0.1) is 6.61 Å². The number of ether oxygens (including phenoxy) is 6. The minimum absolute atomic E-state index is 0.186. The summed E-state index contributed by atoms with van der Waals surface area (Å²) >= 11 is 6.55. The molecule has 5 rings (SSSR count). The van der Waals surface area contributed by atoms with E-state index in [0.717, 1.165) is 65.2 Å². The maximum atomic E-state index is 7.14. The van der Waals surface area contributed by atoms with Gasteiger partial charge in [-0.1, -0.05) is 86.5 Å². The Kier molecular flexibility index (Phi) is 15.6. The highest BCUT2D eigenvalue weighted by Gasteiger charge is 2.60. The molecule has 0 amide bonds. The van der Waals surface area contributed by atoms with Crippen molar-refractivity contribution in [3.63, 3.8) is 0 Å². The summed E-state index contributed by atoms with van der Waals surface area (Å²) < 4.78 is 54.8. The van der Waals surface area contributed by atoms with E-state index in [2.05, 4.69) is 73.9 Å². The summed E-state index contributed by atoms with van der Waals surface area (Å²) in [5, 5.41) is 0. The summed E-state index contributed by atoms with van der Waals surface area (Å²) in [6, 6.07) is 0. The Morgan fingerprint density at radius 2 is 1.41 bits per heavy atom. The van der Waals surface area contributed by atoms with Gasteiger partial charge in [-0.2, -0.15) is 0 Å². The van der Waals surface area contributed by atoms with Crippen LogP contribution in [0, 0.1) is 38.5 Å². The fourth-order valence-corrected chi connectivity index (χ4v) is 12.4. The first-order valence-electron chi connectivity index (χ1n) is 22.1. The van der Waals surface area contributed by atoms with E-state index in [1.807, 2.05) is 27.7 Å². The van der Waals surface area contributed by atoms with Crippen LogP contribution in [-0.4, -0.2) is 72.2 Å². The van der Waals surface area contributed by atoms with Gasteiger partial charge in [-0.05, 0) is 127 Å². The molecule has 3 fully saturated rings. The monoisotopic (exact) mass is 824 g/mol. The van der Waals surface area contributed by atoms with Crippen molar-refractivity contribution in [2.45, 2.75) is 215 Å². The van der Waals surface area contributed by atoms with E-state index in [1.165, 1.54) is 56.9 Å². The molecule has 1 aromatic carbocycles. The number of hydrogen-bond acceptors (Lipinski definition) is 9. The second kappa shape index (κ2) is 18.8. The van der Waals surface area contributed by atoms with Crippen molar-refractivity contribution in [3.05, 3.63) is 22.3 Å². The second-order valence-corrected chi connectivity index (χ2v) is 22.4. The van der Waals surface area contributed by atoms with Crippen LogP contribution in [0.3, 0.4) is 0 Å². The molecular formula is C45H78NO8PS. The van der Waals surface area contributed by atoms with Crippen molar-refractivity contribution >= 4 is 18.4 Å². The van der Waals surface area contributed by atoms with E-state index < -0.39 is 42.8 Å². The average Bonchev–Trinajstić information content (AvgIpc) is 3.74. The van der Waals surface area contributed by atoms with Gasteiger partial charge in [0.15, 0.2) is 17.9 Å². The zero-order valence-corrected chi connectivity index (χ0v) is 39.3.